The zero-order valence-corrected chi connectivity index (χ0v) is 8.55. The molecule has 2 amide bonds. The molecule has 0 N–H and O–H groups in total. The molecule has 0 saturated carbocycles. The fourth-order valence-corrected chi connectivity index (χ4v) is 0.609. The summed E-state index contributed by atoms with van der Waals surface area (Å²) >= 11 is 0. The number of rotatable bonds is 6. The Morgan fingerprint density at radius 1 is 0.882 bits per heavy atom. The molecule has 0 aromatic heterocycles. The summed E-state index contributed by atoms with van der Waals surface area (Å²) < 4.78 is 13.6. The first kappa shape index (κ1) is 14.5. The topological polar surface area (TPSA) is 159 Å². The lowest BCUT2D eigenvalue weighted by Gasteiger charge is -2.03. The highest BCUT2D eigenvalue weighted by atomic mass is 16.6. The second kappa shape index (κ2) is 10.1. The van der Waals surface area contributed by atoms with E-state index in [-0.39, 0.29) is 26.4 Å². The van der Waals surface area contributed by atoms with E-state index in [4.69, 9.17) is 15.8 Å². The van der Waals surface area contributed by atoms with Gasteiger partial charge in [0.25, 0.3) is 0 Å². The fourth-order valence-electron chi connectivity index (χ4n) is 0.609. The highest BCUT2D eigenvalue weighted by Crippen LogP contribution is 1.87. The second-order valence-corrected chi connectivity index (χ2v) is 2.22. The van der Waals surface area contributed by atoms with Gasteiger partial charge >= 0.3 is 12.2 Å². The van der Waals surface area contributed by atoms with Gasteiger partial charge in [0, 0.05) is 20.1 Å². The normalized spacial score (nSPS) is 8.47. The monoisotopic (exact) mass is 244 g/mol. The van der Waals surface area contributed by atoms with Gasteiger partial charge in [0.15, 0.2) is 0 Å². The molecule has 0 aliphatic carbocycles. The number of carbonyl (C=O) groups excluding carboxylic acids is 2. The van der Waals surface area contributed by atoms with E-state index in [1.54, 1.807) is 0 Å². The number of carbonyl (C=O) groups is 2. The third kappa shape index (κ3) is 9.82. The molecule has 11 heteroatoms. The first-order valence-corrected chi connectivity index (χ1v) is 4.22. The van der Waals surface area contributed by atoms with Crippen molar-refractivity contribution in [1.82, 2.24) is 0 Å². The Kier molecular flexibility index (Phi) is 8.59. The molecule has 0 aromatic carbocycles. The molecule has 17 heavy (non-hydrogen) atoms. The lowest BCUT2D eigenvalue weighted by atomic mass is 10.7. The van der Waals surface area contributed by atoms with E-state index >= 15 is 0 Å². The maximum Gasteiger partial charge on any atom is 0.396 e. The molecular formula is C6H8N6O5. The second-order valence-electron chi connectivity index (χ2n) is 2.22. The van der Waals surface area contributed by atoms with Crippen LogP contribution in [0.5, 0.6) is 0 Å². The molecule has 0 bridgehead atoms. The number of ether oxygens (including phenoxy) is 3. The summed E-state index contributed by atoms with van der Waals surface area (Å²) in [7, 11) is 0. The van der Waals surface area contributed by atoms with Crippen molar-refractivity contribution in [2.45, 2.75) is 0 Å². The Bertz CT molecular complexity index is 324. The van der Waals surface area contributed by atoms with Crippen LogP contribution in [0.3, 0.4) is 0 Å². The van der Waals surface area contributed by atoms with E-state index in [0.29, 0.717) is 0 Å². The van der Waals surface area contributed by atoms with Crippen molar-refractivity contribution in [3.63, 3.8) is 0 Å². The predicted molar refractivity (Wildman–Crippen MR) is 51.8 cm³/mol. The maximum absolute atomic E-state index is 10.5. The Morgan fingerprint density at radius 2 is 1.29 bits per heavy atom. The van der Waals surface area contributed by atoms with Crippen LogP contribution in [0.2, 0.25) is 0 Å². The molecule has 0 aromatic rings. The summed E-state index contributed by atoms with van der Waals surface area (Å²) in [6.45, 7) is -0.0954. The van der Waals surface area contributed by atoms with E-state index in [9.17, 15) is 9.59 Å². The van der Waals surface area contributed by atoms with Crippen LogP contribution in [0.15, 0.2) is 10.2 Å². The summed E-state index contributed by atoms with van der Waals surface area (Å²) in [5.74, 6) is 0. The minimum Gasteiger partial charge on any atom is -0.458 e. The molecular weight excluding hydrogens is 236 g/mol. The van der Waals surface area contributed by atoms with Gasteiger partial charge in [0.2, 0.25) is 0 Å². The SMILES string of the molecule is [N-]=[N+]=NC(=O)OCCOCCOC(=O)N=[N+]=[N-]. The van der Waals surface area contributed by atoms with Crippen LogP contribution in [0, 0.1) is 0 Å². The summed E-state index contributed by atoms with van der Waals surface area (Å²) in [6.07, 6.45) is -2.10. The van der Waals surface area contributed by atoms with Crippen LogP contribution in [0.1, 0.15) is 0 Å². The first-order valence-electron chi connectivity index (χ1n) is 4.22. The highest BCUT2D eigenvalue weighted by Gasteiger charge is 1.99. The van der Waals surface area contributed by atoms with Crippen molar-refractivity contribution < 1.29 is 23.8 Å². The zero-order chi connectivity index (χ0) is 12.9. The quantitative estimate of drug-likeness (QED) is 0.301. The van der Waals surface area contributed by atoms with Gasteiger partial charge in [-0.25, -0.2) is 9.59 Å². The van der Waals surface area contributed by atoms with E-state index in [1.165, 1.54) is 0 Å². The fraction of sp³-hybridized carbons (Fsp3) is 0.667. The van der Waals surface area contributed by atoms with Gasteiger partial charge in [0.05, 0.1) is 13.2 Å². The Balaban J connectivity index is 3.35. The van der Waals surface area contributed by atoms with Crippen LogP contribution >= 0.6 is 0 Å². The molecule has 0 saturated heterocycles. The van der Waals surface area contributed by atoms with Crippen molar-refractivity contribution >= 4 is 12.2 Å². The molecule has 0 spiro atoms. The average molecular weight is 244 g/mol. The van der Waals surface area contributed by atoms with Crippen LogP contribution in [0.25, 0.3) is 20.9 Å². The van der Waals surface area contributed by atoms with Crippen LogP contribution < -0.4 is 0 Å². The van der Waals surface area contributed by atoms with E-state index in [2.05, 4.69) is 29.5 Å². The minimum atomic E-state index is -1.05. The lowest BCUT2D eigenvalue weighted by molar-refractivity contribution is 0.0495. The summed E-state index contributed by atoms with van der Waals surface area (Å²) in [5, 5.41) is 5.30. The maximum atomic E-state index is 10.5. The Labute approximate surface area is 94.5 Å². The van der Waals surface area contributed by atoms with Crippen molar-refractivity contribution in [3.8, 4) is 0 Å². The summed E-state index contributed by atoms with van der Waals surface area (Å²) in [6, 6.07) is 0. The third-order valence-corrected chi connectivity index (χ3v) is 1.16. The number of hydrogen-bond acceptors (Lipinski definition) is 5. The largest absolute Gasteiger partial charge is 0.458 e. The average Bonchev–Trinajstić information content (AvgIpc) is 2.28. The molecule has 0 atom stereocenters. The van der Waals surface area contributed by atoms with Gasteiger partial charge in [-0.1, -0.05) is 0 Å². The van der Waals surface area contributed by atoms with Gasteiger partial charge in [-0.05, 0) is 11.1 Å². The molecule has 0 aliphatic heterocycles. The molecule has 0 aliphatic rings. The number of hydrogen-bond donors (Lipinski definition) is 0. The van der Waals surface area contributed by atoms with Crippen LogP contribution in [-0.2, 0) is 14.2 Å². The van der Waals surface area contributed by atoms with E-state index < -0.39 is 12.2 Å². The van der Waals surface area contributed by atoms with Crippen molar-refractivity contribution in [2.75, 3.05) is 26.4 Å². The van der Waals surface area contributed by atoms with Gasteiger partial charge in [-0.15, -0.1) is 0 Å². The minimum absolute atomic E-state index is 0.0474. The predicted octanol–water partition coefficient (Wildman–Crippen LogP) is 1.90. The molecule has 11 nitrogen and oxygen atoms in total. The van der Waals surface area contributed by atoms with Gasteiger partial charge in [-0.3, -0.25) is 0 Å². The molecule has 92 valence electrons. The summed E-state index contributed by atoms with van der Waals surface area (Å²) in [5.41, 5.74) is 15.7. The molecule has 0 heterocycles. The molecule has 0 fully saturated rings. The lowest BCUT2D eigenvalue weighted by Crippen LogP contribution is -2.11. The number of nitrogens with zero attached hydrogens (tertiary/aromatic N) is 6. The number of azide groups is 2. The van der Waals surface area contributed by atoms with E-state index in [1.807, 2.05) is 0 Å². The third-order valence-electron chi connectivity index (χ3n) is 1.16. The molecule has 0 unspecified atom stereocenters. The first-order chi connectivity index (χ1) is 8.20. The van der Waals surface area contributed by atoms with Crippen molar-refractivity contribution in [1.29, 1.82) is 0 Å². The Hall–Kier alpha value is -2.48. The van der Waals surface area contributed by atoms with Gasteiger partial charge < -0.3 is 14.2 Å². The van der Waals surface area contributed by atoms with Crippen LogP contribution in [0.4, 0.5) is 9.59 Å². The highest BCUT2D eigenvalue weighted by molar-refractivity contribution is 5.68. The Morgan fingerprint density at radius 3 is 1.65 bits per heavy atom. The number of amides is 2. The van der Waals surface area contributed by atoms with Crippen molar-refractivity contribution in [2.24, 2.45) is 10.2 Å². The smallest absolute Gasteiger partial charge is 0.396 e. The van der Waals surface area contributed by atoms with Crippen molar-refractivity contribution in [3.05, 3.63) is 20.9 Å². The van der Waals surface area contributed by atoms with Gasteiger partial charge in [0.1, 0.15) is 13.2 Å². The summed E-state index contributed by atoms with van der Waals surface area (Å²) in [4.78, 5) is 25.4. The van der Waals surface area contributed by atoms with Gasteiger partial charge in [-0.2, -0.15) is 0 Å². The molecule has 0 radical (unpaired) electrons. The standard InChI is InChI=1S/C6H8N6O5/c7-11-9-5(13)16-3-1-15-2-4-17-6(14)10-12-8/h1-4H2. The molecule has 0 rings (SSSR count). The van der Waals surface area contributed by atoms with E-state index in [0.717, 1.165) is 0 Å². The zero-order valence-electron chi connectivity index (χ0n) is 8.55. The van der Waals surface area contributed by atoms with Crippen LogP contribution in [-0.4, -0.2) is 38.6 Å².